The molecule has 1 heterocycles. The van der Waals surface area contributed by atoms with Crippen molar-refractivity contribution in [2.75, 3.05) is 0 Å². The van der Waals surface area contributed by atoms with Gasteiger partial charge in [0.1, 0.15) is 5.82 Å². The Kier molecular flexibility index (Phi) is 2.75. The number of halogens is 2. The third-order valence-electron chi connectivity index (χ3n) is 1.92. The van der Waals surface area contributed by atoms with Crippen LogP contribution in [0.1, 0.15) is 10.5 Å². The standard InChI is InChI=1S/C10H6Cl2N2O/c11-7-2-1-3-8(12)9(7)10-13-4-6(5-15)14-10/h1-5H,(H,13,14). The van der Waals surface area contributed by atoms with Crippen LogP contribution in [-0.4, -0.2) is 16.3 Å². The Morgan fingerprint density at radius 2 is 1.93 bits per heavy atom. The molecule has 0 radical (unpaired) electrons. The van der Waals surface area contributed by atoms with E-state index in [-0.39, 0.29) is 0 Å². The van der Waals surface area contributed by atoms with Crippen LogP contribution in [0.3, 0.4) is 0 Å². The van der Waals surface area contributed by atoms with Crippen molar-refractivity contribution < 1.29 is 4.79 Å². The number of benzene rings is 1. The van der Waals surface area contributed by atoms with E-state index in [1.165, 1.54) is 6.20 Å². The minimum atomic E-state index is 0.390. The van der Waals surface area contributed by atoms with Gasteiger partial charge in [-0.3, -0.25) is 4.79 Å². The zero-order valence-electron chi connectivity index (χ0n) is 7.50. The van der Waals surface area contributed by atoms with Crippen molar-refractivity contribution in [3.05, 3.63) is 40.1 Å². The molecule has 0 atom stereocenters. The van der Waals surface area contributed by atoms with Crippen molar-refractivity contribution in [2.24, 2.45) is 0 Å². The molecule has 1 N–H and O–H groups in total. The van der Waals surface area contributed by atoms with Gasteiger partial charge >= 0.3 is 0 Å². The third-order valence-corrected chi connectivity index (χ3v) is 2.55. The number of H-pyrrole nitrogens is 1. The Labute approximate surface area is 96.1 Å². The summed E-state index contributed by atoms with van der Waals surface area (Å²) in [5, 5.41) is 0.989. The normalized spacial score (nSPS) is 10.3. The molecular formula is C10H6Cl2N2O. The fraction of sp³-hybridized carbons (Fsp3) is 0. The van der Waals surface area contributed by atoms with Gasteiger partial charge in [0.15, 0.2) is 6.29 Å². The highest BCUT2D eigenvalue weighted by Crippen LogP contribution is 2.32. The molecule has 3 nitrogen and oxygen atoms in total. The van der Waals surface area contributed by atoms with Gasteiger partial charge in [0, 0.05) is 0 Å². The van der Waals surface area contributed by atoms with Crippen molar-refractivity contribution in [2.45, 2.75) is 0 Å². The van der Waals surface area contributed by atoms with Crippen molar-refractivity contribution in [3.63, 3.8) is 0 Å². The van der Waals surface area contributed by atoms with Crippen LogP contribution in [0.2, 0.25) is 10.0 Å². The average Bonchev–Trinajstić information content (AvgIpc) is 2.66. The molecule has 0 aliphatic heterocycles. The van der Waals surface area contributed by atoms with Crippen LogP contribution >= 0.6 is 23.2 Å². The lowest BCUT2D eigenvalue weighted by Crippen LogP contribution is -1.84. The maximum atomic E-state index is 10.5. The number of aromatic amines is 1. The first-order valence-electron chi connectivity index (χ1n) is 4.17. The number of carbonyl (C=O) groups excluding carboxylic acids is 1. The molecule has 0 saturated heterocycles. The largest absolute Gasteiger partial charge is 0.336 e. The molecule has 15 heavy (non-hydrogen) atoms. The Morgan fingerprint density at radius 1 is 1.27 bits per heavy atom. The van der Waals surface area contributed by atoms with E-state index < -0.39 is 0 Å². The first-order chi connectivity index (χ1) is 7.22. The fourth-order valence-electron chi connectivity index (χ4n) is 1.25. The van der Waals surface area contributed by atoms with Gasteiger partial charge in [-0.05, 0) is 12.1 Å². The summed E-state index contributed by atoms with van der Waals surface area (Å²) in [6, 6.07) is 5.18. The van der Waals surface area contributed by atoms with E-state index in [9.17, 15) is 4.79 Å². The van der Waals surface area contributed by atoms with Gasteiger partial charge in [0.2, 0.25) is 0 Å². The highest BCUT2D eigenvalue weighted by Gasteiger charge is 2.11. The molecule has 1 aromatic carbocycles. The molecule has 0 aliphatic carbocycles. The number of nitrogens with zero attached hydrogens (tertiary/aromatic N) is 1. The molecular weight excluding hydrogens is 235 g/mol. The second-order valence-electron chi connectivity index (χ2n) is 2.90. The van der Waals surface area contributed by atoms with Crippen LogP contribution in [-0.2, 0) is 0 Å². The number of nitrogens with one attached hydrogen (secondary N) is 1. The predicted molar refractivity (Wildman–Crippen MR) is 59.4 cm³/mol. The molecule has 0 amide bonds. The summed E-state index contributed by atoms with van der Waals surface area (Å²) >= 11 is 12.0. The minimum absolute atomic E-state index is 0.390. The number of hydrogen-bond donors (Lipinski definition) is 1. The van der Waals surface area contributed by atoms with Crippen molar-refractivity contribution in [3.8, 4) is 11.4 Å². The molecule has 5 heteroatoms. The van der Waals surface area contributed by atoms with Gasteiger partial charge in [-0.1, -0.05) is 29.3 Å². The van der Waals surface area contributed by atoms with E-state index in [2.05, 4.69) is 9.97 Å². The second kappa shape index (κ2) is 4.04. The minimum Gasteiger partial charge on any atom is -0.336 e. The molecule has 0 saturated carbocycles. The zero-order valence-corrected chi connectivity index (χ0v) is 9.01. The predicted octanol–water partition coefficient (Wildman–Crippen LogP) is 3.20. The number of hydrogen-bond acceptors (Lipinski definition) is 2. The number of aromatic nitrogens is 2. The lowest BCUT2D eigenvalue weighted by atomic mass is 10.2. The van der Waals surface area contributed by atoms with E-state index in [4.69, 9.17) is 23.2 Å². The Balaban J connectivity index is 2.58. The number of carbonyl (C=O) groups is 1. The SMILES string of the molecule is O=Cc1cnc(-c2c(Cl)cccc2Cl)[nH]1. The highest BCUT2D eigenvalue weighted by atomic mass is 35.5. The monoisotopic (exact) mass is 240 g/mol. The van der Waals surface area contributed by atoms with E-state index >= 15 is 0 Å². The van der Waals surface area contributed by atoms with Crippen LogP contribution in [0.4, 0.5) is 0 Å². The zero-order chi connectivity index (χ0) is 10.8. The molecule has 2 rings (SSSR count). The molecule has 0 bridgehead atoms. The molecule has 76 valence electrons. The van der Waals surface area contributed by atoms with Gasteiger partial charge in [-0.2, -0.15) is 0 Å². The number of rotatable bonds is 2. The van der Waals surface area contributed by atoms with Crippen molar-refractivity contribution >= 4 is 29.5 Å². The topological polar surface area (TPSA) is 45.8 Å². The fourth-order valence-corrected chi connectivity index (χ4v) is 1.82. The summed E-state index contributed by atoms with van der Waals surface area (Å²) in [5.74, 6) is 0.493. The smallest absolute Gasteiger partial charge is 0.167 e. The van der Waals surface area contributed by atoms with Gasteiger partial charge < -0.3 is 4.98 Å². The number of imidazole rings is 1. The molecule has 0 fully saturated rings. The molecule has 0 spiro atoms. The van der Waals surface area contributed by atoms with Crippen LogP contribution in [0, 0.1) is 0 Å². The van der Waals surface area contributed by atoms with Crippen LogP contribution in [0.25, 0.3) is 11.4 Å². The Morgan fingerprint density at radius 3 is 2.47 bits per heavy atom. The van der Waals surface area contributed by atoms with Gasteiger partial charge in [-0.25, -0.2) is 4.98 Å². The quantitative estimate of drug-likeness (QED) is 0.820. The van der Waals surface area contributed by atoms with Crippen molar-refractivity contribution in [1.29, 1.82) is 0 Å². The highest BCUT2D eigenvalue weighted by molar-refractivity contribution is 6.38. The van der Waals surface area contributed by atoms with E-state index in [1.54, 1.807) is 18.2 Å². The average molecular weight is 241 g/mol. The third kappa shape index (κ3) is 1.89. The molecule has 0 aliphatic rings. The van der Waals surface area contributed by atoms with E-state index in [0.29, 0.717) is 33.4 Å². The number of aldehydes is 1. The van der Waals surface area contributed by atoms with E-state index in [0.717, 1.165) is 0 Å². The van der Waals surface area contributed by atoms with Gasteiger partial charge in [0.05, 0.1) is 27.5 Å². The summed E-state index contributed by atoms with van der Waals surface area (Å²) in [7, 11) is 0. The summed E-state index contributed by atoms with van der Waals surface area (Å²) in [6.45, 7) is 0. The summed E-state index contributed by atoms with van der Waals surface area (Å²) in [5.41, 5.74) is 0.995. The maximum Gasteiger partial charge on any atom is 0.167 e. The van der Waals surface area contributed by atoms with Crippen molar-refractivity contribution in [1.82, 2.24) is 9.97 Å². The van der Waals surface area contributed by atoms with Gasteiger partial charge in [-0.15, -0.1) is 0 Å². The molecule has 1 aromatic heterocycles. The van der Waals surface area contributed by atoms with E-state index in [1.807, 2.05) is 0 Å². The van der Waals surface area contributed by atoms with Crippen LogP contribution in [0.5, 0.6) is 0 Å². The summed E-state index contributed by atoms with van der Waals surface area (Å²) < 4.78 is 0. The lowest BCUT2D eigenvalue weighted by Gasteiger charge is -2.02. The van der Waals surface area contributed by atoms with Gasteiger partial charge in [0.25, 0.3) is 0 Å². The maximum absolute atomic E-state index is 10.5. The van der Waals surface area contributed by atoms with Crippen LogP contribution < -0.4 is 0 Å². The first kappa shape index (κ1) is 10.2. The first-order valence-corrected chi connectivity index (χ1v) is 4.92. The molecule has 2 aromatic rings. The summed E-state index contributed by atoms with van der Waals surface area (Å²) in [6.07, 6.45) is 2.11. The lowest BCUT2D eigenvalue weighted by molar-refractivity contribution is 0.111. The second-order valence-corrected chi connectivity index (χ2v) is 3.72. The summed E-state index contributed by atoms with van der Waals surface area (Å²) in [4.78, 5) is 17.3. The Hall–Kier alpha value is -1.32. The molecule has 0 unspecified atom stereocenters. The van der Waals surface area contributed by atoms with Crippen LogP contribution in [0.15, 0.2) is 24.4 Å². The Bertz CT molecular complexity index is 488.